The van der Waals surface area contributed by atoms with Crippen LogP contribution in [0.5, 0.6) is 0 Å². The Balaban J connectivity index is 2.10. The fourth-order valence-corrected chi connectivity index (χ4v) is 2.88. The Bertz CT molecular complexity index is 487. The van der Waals surface area contributed by atoms with Gasteiger partial charge in [-0.3, -0.25) is 0 Å². The highest BCUT2D eigenvalue weighted by Crippen LogP contribution is 2.27. The molecule has 0 aliphatic heterocycles. The monoisotopic (exact) mass is 263 g/mol. The highest BCUT2D eigenvalue weighted by atomic mass is 32.1. The lowest BCUT2D eigenvalue weighted by molar-refractivity contribution is 0.652. The number of aromatic nitrogens is 2. The summed E-state index contributed by atoms with van der Waals surface area (Å²) in [6.45, 7) is 7.56. The van der Waals surface area contributed by atoms with Crippen LogP contribution in [-0.2, 0) is 0 Å². The van der Waals surface area contributed by atoms with Crippen molar-refractivity contribution in [3.63, 3.8) is 0 Å². The third kappa shape index (κ3) is 2.93. The predicted octanol–water partition coefficient (Wildman–Crippen LogP) is 4.07. The lowest BCUT2D eigenvalue weighted by Gasteiger charge is -2.15. The average molecular weight is 263 g/mol. The number of aryl methyl sites for hydroxylation is 1. The number of hydrogen-bond donors (Lipinski definition) is 1. The lowest BCUT2D eigenvalue weighted by atomic mass is 10.2. The van der Waals surface area contributed by atoms with Crippen molar-refractivity contribution in [3.05, 3.63) is 34.3 Å². The van der Waals surface area contributed by atoms with Gasteiger partial charge in [0.1, 0.15) is 0 Å². The molecule has 0 bridgehead atoms. The number of nitrogens with zero attached hydrogens (tertiary/aromatic N) is 2. The van der Waals surface area contributed by atoms with Gasteiger partial charge in [0.05, 0.1) is 6.04 Å². The van der Waals surface area contributed by atoms with E-state index < -0.39 is 0 Å². The van der Waals surface area contributed by atoms with E-state index in [2.05, 4.69) is 47.8 Å². The number of hydrogen-bond acceptors (Lipinski definition) is 3. The Hall–Kier alpha value is -1.29. The number of unbranched alkanes of at least 4 members (excludes halogenated alkanes) is 1. The van der Waals surface area contributed by atoms with Crippen LogP contribution in [0.25, 0.3) is 0 Å². The molecule has 2 aromatic heterocycles. The van der Waals surface area contributed by atoms with Gasteiger partial charge in [-0.15, -0.1) is 11.3 Å². The van der Waals surface area contributed by atoms with Crippen LogP contribution in [0.1, 0.15) is 42.5 Å². The molecular weight excluding hydrogens is 242 g/mol. The maximum absolute atomic E-state index is 4.40. The minimum atomic E-state index is 0.343. The SMILES string of the molecule is CCCCNc1nccn1C(C)c1ccc(C)s1. The van der Waals surface area contributed by atoms with Crippen LogP contribution in [0.15, 0.2) is 24.5 Å². The summed E-state index contributed by atoms with van der Waals surface area (Å²) in [5.74, 6) is 0.974. The fraction of sp³-hybridized carbons (Fsp3) is 0.500. The number of anilines is 1. The highest BCUT2D eigenvalue weighted by molar-refractivity contribution is 7.12. The van der Waals surface area contributed by atoms with Crippen LogP contribution in [0.4, 0.5) is 5.95 Å². The lowest BCUT2D eigenvalue weighted by Crippen LogP contribution is -2.11. The number of thiophene rings is 1. The topological polar surface area (TPSA) is 29.9 Å². The van der Waals surface area contributed by atoms with Crippen molar-refractivity contribution in [2.24, 2.45) is 0 Å². The Kier molecular flexibility index (Phi) is 4.42. The summed E-state index contributed by atoms with van der Waals surface area (Å²) in [7, 11) is 0. The molecule has 98 valence electrons. The van der Waals surface area contributed by atoms with E-state index in [1.807, 2.05) is 23.7 Å². The zero-order chi connectivity index (χ0) is 13.0. The van der Waals surface area contributed by atoms with Gasteiger partial charge in [-0.1, -0.05) is 13.3 Å². The van der Waals surface area contributed by atoms with Crippen LogP contribution < -0.4 is 5.32 Å². The molecule has 1 N–H and O–H groups in total. The summed E-state index contributed by atoms with van der Waals surface area (Å²) >= 11 is 1.85. The minimum absolute atomic E-state index is 0.343. The molecule has 3 nitrogen and oxygen atoms in total. The number of nitrogens with one attached hydrogen (secondary N) is 1. The first-order valence-electron chi connectivity index (χ1n) is 6.55. The highest BCUT2D eigenvalue weighted by Gasteiger charge is 2.13. The first-order chi connectivity index (χ1) is 8.72. The third-order valence-electron chi connectivity index (χ3n) is 3.07. The summed E-state index contributed by atoms with van der Waals surface area (Å²) in [5.41, 5.74) is 0. The summed E-state index contributed by atoms with van der Waals surface area (Å²) < 4.78 is 2.21. The molecule has 1 unspecified atom stereocenters. The molecule has 4 heteroatoms. The molecule has 1 atom stereocenters. The van der Waals surface area contributed by atoms with Crippen molar-refractivity contribution in [1.82, 2.24) is 9.55 Å². The molecule has 2 rings (SSSR count). The third-order valence-corrected chi connectivity index (χ3v) is 4.24. The van der Waals surface area contributed by atoms with E-state index in [1.165, 1.54) is 22.6 Å². The van der Waals surface area contributed by atoms with Crippen molar-refractivity contribution in [1.29, 1.82) is 0 Å². The summed E-state index contributed by atoms with van der Waals surface area (Å²) in [5, 5.41) is 3.41. The molecule has 0 fully saturated rings. The standard InChI is InChI=1S/C14H21N3S/c1-4-5-8-15-14-16-9-10-17(14)12(3)13-7-6-11(2)18-13/h6-7,9-10,12H,4-5,8H2,1-3H3,(H,15,16). The Morgan fingerprint density at radius 3 is 2.94 bits per heavy atom. The van der Waals surface area contributed by atoms with Crippen LogP contribution in [0.3, 0.4) is 0 Å². The molecule has 18 heavy (non-hydrogen) atoms. The van der Waals surface area contributed by atoms with E-state index in [-0.39, 0.29) is 0 Å². The van der Waals surface area contributed by atoms with Crippen molar-refractivity contribution in [3.8, 4) is 0 Å². The van der Waals surface area contributed by atoms with Crippen molar-refractivity contribution in [2.75, 3.05) is 11.9 Å². The van der Waals surface area contributed by atoms with E-state index >= 15 is 0 Å². The molecule has 2 aromatic rings. The van der Waals surface area contributed by atoms with E-state index in [1.54, 1.807) is 0 Å². The molecule has 0 aliphatic carbocycles. The van der Waals surface area contributed by atoms with Gasteiger partial charge in [0.15, 0.2) is 0 Å². The fourth-order valence-electron chi connectivity index (χ4n) is 1.95. The maximum atomic E-state index is 4.40. The molecule has 0 aliphatic rings. The molecule has 0 saturated heterocycles. The van der Waals surface area contributed by atoms with Gasteiger partial charge < -0.3 is 9.88 Å². The van der Waals surface area contributed by atoms with Gasteiger partial charge in [0, 0.05) is 28.7 Å². The van der Waals surface area contributed by atoms with Gasteiger partial charge in [-0.25, -0.2) is 4.98 Å². The molecule has 0 saturated carbocycles. The molecule has 0 radical (unpaired) electrons. The Morgan fingerprint density at radius 2 is 2.28 bits per heavy atom. The molecule has 0 spiro atoms. The van der Waals surface area contributed by atoms with E-state index in [9.17, 15) is 0 Å². The van der Waals surface area contributed by atoms with Crippen molar-refractivity contribution >= 4 is 17.3 Å². The largest absolute Gasteiger partial charge is 0.356 e. The van der Waals surface area contributed by atoms with Crippen molar-refractivity contribution < 1.29 is 0 Å². The van der Waals surface area contributed by atoms with Gasteiger partial charge in [-0.05, 0) is 32.4 Å². The Labute approximate surface area is 113 Å². The van der Waals surface area contributed by atoms with E-state index in [0.717, 1.165) is 12.5 Å². The van der Waals surface area contributed by atoms with E-state index in [4.69, 9.17) is 0 Å². The normalized spacial score (nSPS) is 12.6. The van der Waals surface area contributed by atoms with Gasteiger partial charge in [0.25, 0.3) is 0 Å². The zero-order valence-electron chi connectivity index (χ0n) is 11.3. The average Bonchev–Trinajstić information content (AvgIpc) is 2.97. The predicted molar refractivity (Wildman–Crippen MR) is 78.5 cm³/mol. The first-order valence-corrected chi connectivity index (χ1v) is 7.37. The smallest absolute Gasteiger partial charge is 0.203 e. The molecular formula is C14H21N3S. The van der Waals surface area contributed by atoms with Crippen LogP contribution in [-0.4, -0.2) is 16.1 Å². The van der Waals surface area contributed by atoms with E-state index in [0.29, 0.717) is 6.04 Å². The summed E-state index contributed by atoms with van der Waals surface area (Å²) in [6.07, 6.45) is 6.30. The first kappa shape index (κ1) is 13.1. The number of rotatable bonds is 6. The second kappa shape index (κ2) is 6.05. The minimum Gasteiger partial charge on any atom is -0.356 e. The molecule has 2 heterocycles. The van der Waals surface area contributed by atoms with Gasteiger partial charge in [-0.2, -0.15) is 0 Å². The van der Waals surface area contributed by atoms with Gasteiger partial charge >= 0.3 is 0 Å². The quantitative estimate of drug-likeness (QED) is 0.796. The van der Waals surface area contributed by atoms with Crippen molar-refractivity contribution in [2.45, 2.75) is 39.7 Å². The molecule has 0 amide bonds. The summed E-state index contributed by atoms with van der Waals surface area (Å²) in [4.78, 5) is 7.14. The van der Waals surface area contributed by atoms with Gasteiger partial charge in [0.2, 0.25) is 5.95 Å². The van der Waals surface area contributed by atoms with Crippen LogP contribution in [0.2, 0.25) is 0 Å². The second-order valence-electron chi connectivity index (χ2n) is 4.56. The molecule has 0 aromatic carbocycles. The number of imidazole rings is 1. The summed E-state index contributed by atoms with van der Waals surface area (Å²) in [6, 6.07) is 4.73. The van der Waals surface area contributed by atoms with Crippen LogP contribution in [0, 0.1) is 6.92 Å². The Morgan fingerprint density at radius 1 is 1.44 bits per heavy atom. The zero-order valence-corrected chi connectivity index (χ0v) is 12.1. The maximum Gasteiger partial charge on any atom is 0.203 e. The van der Waals surface area contributed by atoms with Crippen LogP contribution >= 0.6 is 11.3 Å². The second-order valence-corrected chi connectivity index (χ2v) is 5.88.